The van der Waals surface area contributed by atoms with Gasteiger partial charge in [-0.2, -0.15) is 0 Å². The minimum absolute atomic E-state index is 0.0952. The monoisotopic (exact) mass is 405 g/mol. The summed E-state index contributed by atoms with van der Waals surface area (Å²) in [4.78, 5) is 30.2. The van der Waals surface area contributed by atoms with Gasteiger partial charge in [-0.3, -0.25) is 9.59 Å². The number of nitrogens with zero attached hydrogens (tertiary/aromatic N) is 1. The highest BCUT2D eigenvalue weighted by molar-refractivity contribution is 7.13. The van der Waals surface area contributed by atoms with E-state index < -0.39 is 5.60 Å². The highest BCUT2D eigenvalue weighted by Crippen LogP contribution is 2.32. The van der Waals surface area contributed by atoms with Gasteiger partial charge in [-0.05, 0) is 51.0 Å². The molecule has 2 heterocycles. The van der Waals surface area contributed by atoms with Crippen LogP contribution in [0.3, 0.4) is 0 Å². The lowest BCUT2D eigenvalue weighted by atomic mass is 10.0. The molecule has 28 heavy (non-hydrogen) atoms. The number of ether oxygens (including phenoxy) is 1. The van der Waals surface area contributed by atoms with Crippen molar-refractivity contribution >= 4 is 23.2 Å². The van der Waals surface area contributed by atoms with Crippen LogP contribution >= 0.6 is 11.3 Å². The summed E-state index contributed by atoms with van der Waals surface area (Å²) in [6.45, 7) is 4.02. The molecule has 152 valence electrons. The molecule has 0 aliphatic heterocycles. The fraction of sp³-hybridized carbons (Fsp3) is 0.550. The maximum atomic E-state index is 12.5. The first-order chi connectivity index (χ1) is 13.4. The van der Waals surface area contributed by atoms with Crippen LogP contribution < -0.4 is 10.6 Å². The molecule has 0 spiro atoms. The van der Waals surface area contributed by atoms with Crippen LogP contribution in [0, 0.1) is 6.92 Å². The van der Waals surface area contributed by atoms with E-state index in [0.717, 1.165) is 30.6 Å². The third kappa shape index (κ3) is 4.62. The number of nitrogens with one attached hydrogen (secondary N) is 2. The van der Waals surface area contributed by atoms with Gasteiger partial charge in [0.2, 0.25) is 11.8 Å². The van der Waals surface area contributed by atoms with Crippen LogP contribution in [0.25, 0.3) is 10.8 Å². The van der Waals surface area contributed by atoms with Gasteiger partial charge in [-0.15, -0.1) is 11.3 Å². The number of aromatic nitrogens is 1. The predicted molar refractivity (Wildman–Crippen MR) is 107 cm³/mol. The number of rotatable bonds is 8. The fourth-order valence-electron chi connectivity index (χ4n) is 3.46. The summed E-state index contributed by atoms with van der Waals surface area (Å²) in [6, 6.07) is 3.67. The zero-order valence-corrected chi connectivity index (χ0v) is 17.4. The zero-order valence-electron chi connectivity index (χ0n) is 16.5. The SMILES string of the molecule is COC1(C(=O)NC(C)CNC(=O)Cc2nc(-c3cccs3)oc2C)CCCC1. The van der Waals surface area contributed by atoms with E-state index in [0.29, 0.717) is 23.9 Å². The van der Waals surface area contributed by atoms with E-state index in [1.807, 2.05) is 24.4 Å². The molecular formula is C20H27N3O4S. The number of carbonyl (C=O) groups is 2. The van der Waals surface area contributed by atoms with Crippen molar-refractivity contribution in [1.82, 2.24) is 15.6 Å². The minimum Gasteiger partial charge on any atom is -0.440 e. The molecule has 1 saturated carbocycles. The van der Waals surface area contributed by atoms with E-state index in [4.69, 9.17) is 9.15 Å². The average molecular weight is 406 g/mol. The molecule has 1 aliphatic rings. The molecule has 1 aliphatic carbocycles. The number of hydrogen-bond acceptors (Lipinski definition) is 6. The van der Waals surface area contributed by atoms with Gasteiger partial charge in [-0.1, -0.05) is 6.07 Å². The Morgan fingerprint density at radius 3 is 2.79 bits per heavy atom. The maximum absolute atomic E-state index is 12.5. The lowest BCUT2D eigenvalue weighted by Crippen LogP contribution is -2.51. The van der Waals surface area contributed by atoms with Crippen LogP contribution in [0.1, 0.15) is 44.1 Å². The molecule has 0 radical (unpaired) electrons. The molecular weight excluding hydrogens is 378 g/mol. The highest BCUT2D eigenvalue weighted by atomic mass is 32.1. The Bertz CT molecular complexity index is 810. The number of thiophene rings is 1. The van der Waals surface area contributed by atoms with Gasteiger partial charge < -0.3 is 19.8 Å². The van der Waals surface area contributed by atoms with Gasteiger partial charge in [-0.25, -0.2) is 4.98 Å². The lowest BCUT2D eigenvalue weighted by molar-refractivity contribution is -0.143. The Morgan fingerprint density at radius 1 is 1.39 bits per heavy atom. The van der Waals surface area contributed by atoms with Crippen LogP contribution in [0.4, 0.5) is 0 Å². The summed E-state index contributed by atoms with van der Waals surface area (Å²) in [5.74, 6) is 0.931. The number of carbonyl (C=O) groups excluding carboxylic acids is 2. The zero-order chi connectivity index (χ0) is 20.1. The van der Waals surface area contributed by atoms with Gasteiger partial charge in [0.15, 0.2) is 0 Å². The lowest BCUT2D eigenvalue weighted by Gasteiger charge is -2.28. The Hall–Kier alpha value is -2.19. The van der Waals surface area contributed by atoms with Crippen molar-refractivity contribution < 1.29 is 18.7 Å². The molecule has 1 fully saturated rings. The molecule has 2 aromatic rings. The maximum Gasteiger partial charge on any atom is 0.252 e. The van der Waals surface area contributed by atoms with Crippen LogP contribution in [-0.4, -0.2) is 42.1 Å². The number of aryl methyl sites for hydroxylation is 1. The summed E-state index contributed by atoms with van der Waals surface area (Å²) >= 11 is 1.54. The molecule has 0 aromatic carbocycles. The van der Waals surface area contributed by atoms with Crippen molar-refractivity contribution in [2.45, 2.75) is 57.6 Å². The Labute approximate surface area is 168 Å². The topological polar surface area (TPSA) is 93.5 Å². The first-order valence-corrected chi connectivity index (χ1v) is 10.4. The Balaban J connectivity index is 1.48. The van der Waals surface area contributed by atoms with Gasteiger partial charge in [0.05, 0.1) is 17.0 Å². The van der Waals surface area contributed by atoms with Crippen molar-refractivity contribution in [2.24, 2.45) is 0 Å². The van der Waals surface area contributed by atoms with E-state index in [1.54, 1.807) is 25.4 Å². The van der Waals surface area contributed by atoms with E-state index in [1.165, 1.54) is 0 Å². The van der Waals surface area contributed by atoms with Gasteiger partial charge in [0.25, 0.3) is 5.91 Å². The second-order valence-corrected chi connectivity index (χ2v) is 8.21. The molecule has 0 bridgehead atoms. The van der Waals surface area contributed by atoms with E-state index in [9.17, 15) is 9.59 Å². The Morgan fingerprint density at radius 2 is 2.14 bits per heavy atom. The van der Waals surface area contributed by atoms with Crippen LogP contribution in [0.15, 0.2) is 21.9 Å². The smallest absolute Gasteiger partial charge is 0.252 e. The summed E-state index contributed by atoms with van der Waals surface area (Å²) in [5.41, 5.74) is -0.0873. The molecule has 2 amide bonds. The van der Waals surface area contributed by atoms with Crippen LogP contribution in [-0.2, 0) is 20.7 Å². The largest absolute Gasteiger partial charge is 0.440 e. The number of amides is 2. The number of hydrogen-bond donors (Lipinski definition) is 2. The van der Waals surface area contributed by atoms with Crippen molar-refractivity contribution in [3.63, 3.8) is 0 Å². The molecule has 2 aromatic heterocycles. The number of oxazole rings is 1. The second-order valence-electron chi connectivity index (χ2n) is 7.26. The van der Waals surface area contributed by atoms with Crippen LogP contribution in [0.2, 0.25) is 0 Å². The molecule has 0 saturated heterocycles. The standard InChI is InChI=1S/C20H27N3O4S/c1-13(22-19(25)20(26-3)8-4-5-9-20)12-21-17(24)11-15-14(2)27-18(23-15)16-7-6-10-28-16/h6-7,10,13H,4-5,8-9,11-12H2,1-3H3,(H,21,24)(H,22,25). The quantitative estimate of drug-likeness (QED) is 0.704. The average Bonchev–Trinajstić information content (AvgIpc) is 3.42. The van der Waals surface area contributed by atoms with Crippen LogP contribution in [0.5, 0.6) is 0 Å². The third-order valence-corrected chi connectivity index (χ3v) is 6.01. The predicted octanol–water partition coefficient (Wildman–Crippen LogP) is 2.83. The number of methoxy groups -OCH3 is 1. The fourth-order valence-corrected chi connectivity index (χ4v) is 4.10. The van der Waals surface area contributed by atoms with E-state index >= 15 is 0 Å². The van der Waals surface area contributed by atoms with Gasteiger partial charge >= 0.3 is 0 Å². The molecule has 3 rings (SSSR count). The first-order valence-electron chi connectivity index (χ1n) is 9.56. The second kappa shape index (κ2) is 8.87. The van der Waals surface area contributed by atoms with E-state index in [2.05, 4.69) is 15.6 Å². The molecule has 2 N–H and O–H groups in total. The summed E-state index contributed by atoms with van der Waals surface area (Å²) in [6.07, 6.45) is 3.62. The van der Waals surface area contributed by atoms with Crippen molar-refractivity contribution in [2.75, 3.05) is 13.7 Å². The normalized spacial score (nSPS) is 16.7. The summed E-state index contributed by atoms with van der Waals surface area (Å²) in [7, 11) is 1.59. The summed E-state index contributed by atoms with van der Waals surface area (Å²) in [5, 5.41) is 7.77. The molecule has 1 unspecified atom stereocenters. The van der Waals surface area contributed by atoms with Crippen molar-refractivity contribution in [1.29, 1.82) is 0 Å². The van der Waals surface area contributed by atoms with Gasteiger partial charge in [0.1, 0.15) is 11.4 Å². The highest BCUT2D eigenvalue weighted by Gasteiger charge is 2.41. The minimum atomic E-state index is -0.714. The van der Waals surface area contributed by atoms with Gasteiger partial charge in [0, 0.05) is 19.7 Å². The molecule has 1 atom stereocenters. The molecule has 7 nitrogen and oxygen atoms in total. The van der Waals surface area contributed by atoms with Crippen molar-refractivity contribution in [3.8, 4) is 10.8 Å². The first kappa shape index (κ1) is 20.5. The van der Waals surface area contributed by atoms with E-state index in [-0.39, 0.29) is 24.3 Å². The molecule has 8 heteroatoms. The Kier molecular flexibility index (Phi) is 6.51. The summed E-state index contributed by atoms with van der Waals surface area (Å²) < 4.78 is 11.2. The third-order valence-electron chi connectivity index (χ3n) is 5.15. The van der Waals surface area contributed by atoms with Crippen molar-refractivity contribution in [3.05, 3.63) is 29.0 Å².